The van der Waals surface area contributed by atoms with E-state index in [2.05, 4.69) is 4.31 Å². The zero-order valence-corrected chi connectivity index (χ0v) is 14.8. The maximum Gasteiger partial charge on any atom is 0.253 e. The minimum absolute atomic E-state index is 0.222. The number of carbonyl (C=O) groups is 2. The SMILES string of the molecule is O=C1C=CCCN1C(=O)/C=C/C1CCN(Sc2ccc(F)cc2)CC1. The van der Waals surface area contributed by atoms with E-state index >= 15 is 0 Å². The molecule has 25 heavy (non-hydrogen) atoms. The molecule has 4 nitrogen and oxygen atoms in total. The van der Waals surface area contributed by atoms with Gasteiger partial charge in [0.25, 0.3) is 11.8 Å². The molecule has 0 radical (unpaired) electrons. The van der Waals surface area contributed by atoms with Gasteiger partial charge in [0.05, 0.1) is 0 Å². The maximum absolute atomic E-state index is 12.9. The highest BCUT2D eigenvalue weighted by molar-refractivity contribution is 7.97. The van der Waals surface area contributed by atoms with Crippen molar-refractivity contribution in [2.24, 2.45) is 5.92 Å². The molecule has 132 valence electrons. The third-order valence-electron chi connectivity index (χ3n) is 4.37. The van der Waals surface area contributed by atoms with Gasteiger partial charge in [0.1, 0.15) is 5.82 Å². The predicted molar refractivity (Wildman–Crippen MR) is 96.2 cm³/mol. The predicted octanol–water partition coefficient (Wildman–Crippen LogP) is 3.42. The summed E-state index contributed by atoms with van der Waals surface area (Å²) in [6.45, 7) is 2.29. The number of rotatable bonds is 4. The highest BCUT2D eigenvalue weighted by atomic mass is 32.2. The molecule has 0 bridgehead atoms. The first kappa shape index (κ1) is 17.9. The normalized spacial score (nSPS) is 19.7. The van der Waals surface area contributed by atoms with Gasteiger partial charge in [-0.15, -0.1) is 0 Å². The highest BCUT2D eigenvalue weighted by Crippen LogP contribution is 2.28. The van der Waals surface area contributed by atoms with Crippen LogP contribution < -0.4 is 0 Å². The molecule has 1 fully saturated rings. The first-order valence-corrected chi connectivity index (χ1v) is 9.28. The minimum Gasteiger partial charge on any atom is -0.275 e. The van der Waals surface area contributed by atoms with E-state index in [0.29, 0.717) is 12.5 Å². The maximum atomic E-state index is 12.9. The third-order valence-corrected chi connectivity index (χ3v) is 5.48. The Labute approximate surface area is 151 Å². The second kappa shape index (κ2) is 8.45. The molecule has 0 spiro atoms. The quantitative estimate of drug-likeness (QED) is 0.609. The number of carbonyl (C=O) groups excluding carboxylic acids is 2. The fraction of sp³-hybridized carbons (Fsp3) is 0.368. The van der Waals surface area contributed by atoms with E-state index in [1.807, 2.05) is 6.08 Å². The molecule has 0 unspecified atom stereocenters. The van der Waals surface area contributed by atoms with Crippen molar-refractivity contribution in [3.05, 3.63) is 54.4 Å². The van der Waals surface area contributed by atoms with Crippen molar-refractivity contribution in [1.82, 2.24) is 9.21 Å². The molecule has 2 amide bonds. The molecule has 2 aliphatic rings. The van der Waals surface area contributed by atoms with Gasteiger partial charge in [0, 0.05) is 24.5 Å². The molecule has 0 saturated carbocycles. The summed E-state index contributed by atoms with van der Waals surface area (Å²) < 4.78 is 15.2. The summed E-state index contributed by atoms with van der Waals surface area (Å²) in [7, 11) is 0. The third kappa shape index (κ3) is 5.03. The zero-order chi connectivity index (χ0) is 17.6. The molecule has 3 rings (SSSR count). The van der Waals surface area contributed by atoms with Crippen LogP contribution >= 0.6 is 11.9 Å². The first-order chi connectivity index (χ1) is 12.1. The second-order valence-electron chi connectivity index (χ2n) is 6.19. The van der Waals surface area contributed by atoms with E-state index in [9.17, 15) is 14.0 Å². The summed E-state index contributed by atoms with van der Waals surface area (Å²) in [5, 5.41) is 0. The van der Waals surface area contributed by atoms with Crippen molar-refractivity contribution in [3.8, 4) is 0 Å². The van der Waals surface area contributed by atoms with Crippen LogP contribution in [-0.2, 0) is 9.59 Å². The van der Waals surface area contributed by atoms with E-state index in [-0.39, 0.29) is 17.6 Å². The van der Waals surface area contributed by atoms with Crippen LogP contribution in [0.3, 0.4) is 0 Å². The number of allylic oxidation sites excluding steroid dienone is 1. The van der Waals surface area contributed by atoms with Crippen molar-refractivity contribution in [1.29, 1.82) is 0 Å². The summed E-state index contributed by atoms with van der Waals surface area (Å²) in [6, 6.07) is 6.52. The summed E-state index contributed by atoms with van der Waals surface area (Å²) in [5.41, 5.74) is 0. The van der Waals surface area contributed by atoms with Crippen LogP contribution in [0, 0.1) is 11.7 Å². The Morgan fingerprint density at radius 2 is 1.88 bits per heavy atom. The number of nitrogens with zero attached hydrogens (tertiary/aromatic N) is 2. The van der Waals surface area contributed by atoms with Crippen molar-refractivity contribution in [2.75, 3.05) is 19.6 Å². The van der Waals surface area contributed by atoms with E-state index in [0.717, 1.165) is 37.2 Å². The lowest BCUT2D eigenvalue weighted by Crippen LogP contribution is -2.37. The van der Waals surface area contributed by atoms with Crippen molar-refractivity contribution in [3.63, 3.8) is 0 Å². The molecule has 0 aromatic heterocycles. The number of hydrogen-bond acceptors (Lipinski definition) is 4. The molecular weight excluding hydrogens is 339 g/mol. The molecule has 0 aliphatic carbocycles. The Morgan fingerprint density at radius 1 is 1.16 bits per heavy atom. The number of halogens is 1. The van der Waals surface area contributed by atoms with Crippen LogP contribution in [0.15, 0.2) is 53.5 Å². The van der Waals surface area contributed by atoms with E-state index < -0.39 is 0 Å². The number of benzene rings is 1. The van der Waals surface area contributed by atoms with Gasteiger partial charge in [-0.3, -0.25) is 14.5 Å². The lowest BCUT2D eigenvalue weighted by Gasteiger charge is -2.29. The summed E-state index contributed by atoms with van der Waals surface area (Å²) in [4.78, 5) is 26.1. The van der Waals surface area contributed by atoms with Gasteiger partial charge in [-0.2, -0.15) is 0 Å². The molecule has 1 saturated heterocycles. The second-order valence-corrected chi connectivity index (χ2v) is 7.36. The van der Waals surface area contributed by atoms with E-state index in [1.165, 1.54) is 23.1 Å². The Hall–Kier alpha value is -1.92. The Kier molecular flexibility index (Phi) is 6.04. The van der Waals surface area contributed by atoms with E-state index in [1.54, 1.807) is 36.2 Å². The fourth-order valence-electron chi connectivity index (χ4n) is 2.92. The van der Waals surface area contributed by atoms with Gasteiger partial charge in [-0.05, 0) is 73.5 Å². The van der Waals surface area contributed by atoms with Crippen molar-refractivity contribution < 1.29 is 14.0 Å². The van der Waals surface area contributed by atoms with Crippen LogP contribution in [-0.4, -0.2) is 40.7 Å². The van der Waals surface area contributed by atoms with Crippen LogP contribution in [0.5, 0.6) is 0 Å². The zero-order valence-electron chi connectivity index (χ0n) is 13.9. The Balaban J connectivity index is 1.45. The summed E-state index contributed by atoms with van der Waals surface area (Å²) >= 11 is 1.64. The minimum atomic E-state index is -0.230. The van der Waals surface area contributed by atoms with Gasteiger partial charge in [0.15, 0.2) is 0 Å². The lowest BCUT2D eigenvalue weighted by molar-refractivity contribution is -0.139. The van der Waals surface area contributed by atoms with Crippen LogP contribution in [0.1, 0.15) is 19.3 Å². The van der Waals surface area contributed by atoms with Crippen molar-refractivity contribution in [2.45, 2.75) is 24.2 Å². The molecule has 0 atom stereocenters. The molecule has 1 aromatic rings. The Morgan fingerprint density at radius 3 is 2.56 bits per heavy atom. The van der Waals surface area contributed by atoms with Gasteiger partial charge < -0.3 is 0 Å². The number of piperidine rings is 1. The Bertz CT molecular complexity index is 679. The average molecular weight is 360 g/mol. The van der Waals surface area contributed by atoms with Crippen molar-refractivity contribution >= 4 is 23.8 Å². The molecule has 1 aromatic carbocycles. The summed E-state index contributed by atoms with van der Waals surface area (Å²) in [6.07, 6.45) is 9.39. The molecule has 2 aliphatic heterocycles. The number of amides is 2. The number of imide groups is 1. The highest BCUT2D eigenvalue weighted by Gasteiger charge is 2.21. The van der Waals surface area contributed by atoms with Crippen LogP contribution in [0.25, 0.3) is 0 Å². The van der Waals surface area contributed by atoms with Gasteiger partial charge in [-0.1, -0.05) is 12.2 Å². The van der Waals surface area contributed by atoms with Gasteiger partial charge in [0.2, 0.25) is 0 Å². The van der Waals surface area contributed by atoms with Gasteiger partial charge in [-0.25, -0.2) is 8.70 Å². The van der Waals surface area contributed by atoms with E-state index in [4.69, 9.17) is 0 Å². The average Bonchev–Trinajstić information content (AvgIpc) is 2.63. The fourth-order valence-corrected chi connectivity index (χ4v) is 3.87. The summed E-state index contributed by atoms with van der Waals surface area (Å²) in [5.74, 6) is -0.325. The largest absolute Gasteiger partial charge is 0.275 e. The first-order valence-electron chi connectivity index (χ1n) is 8.50. The standard InChI is InChI=1S/C19H21FN2O2S/c20-16-5-7-17(8-6-16)25-21-13-10-15(11-14-21)4-9-19(24)22-12-2-1-3-18(22)23/h1,3-9,15H,2,10-14H2/b9-4+. The molecular formula is C19H21FN2O2S. The monoisotopic (exact) mass is 360 g/mol. The smallest absolute Gasteiger partial charge is 0.253 e. The molecule has 6 heteroatoms. The number of hydrogen-bond donors (Lipinski definition) is 0. The molecule has 0 N–H and O–H groups in total. The van der Waals surface area contributed by atoms with Gasteiger partial charge >= 0.3 is 0 Å². The lowest BCUT2D eigenvalue weighted by atomic mass is 9.97. The molecule has 2 heterocycles. The van der Waals surface area contributed by atoms with Crippen LogP contribution in [0.4, 0.5) is 4.39 Å². The van der Waals surface area contributed by atoms with Crippen LogP contribution in [0.2, 0.25) is 0 Å². The topological polar surface area (TPSA) is 40.6 Å².